The summed E-state index contributed by atoms with van der Waals surface area (Å²) in [6, 6.07) is 13.2. The first-order valence-corrected chi connectivity index (χ1v) is 10.1. The van der Waals surface area contributed by atoms with Crippen LogP contribution in [0.5, 0.6) is 11.5 Å². The molecule has 29 heavy (non-hydrogen) atoms. The lowest BCUT2D eigenvalue weighted by molar-refractivity contribution is -0.121. The van der Waals surface area contributed by atoms with Gasteiger partial charge in [-0.25, -0.2) is 0 Å². The fraction of sp³-hybridized carbons (Fsp3) is 0.391. The minimum atomic E-state index is -0.171. The summed E-state index contributed by atoms with van der Waals surface area (Å²) in [7, 11) is 1.64. The summed E-state index contributed by atoms with van der Waals surface area (Å²) in [5, 5.41) is 7.92. The highest BCUT2D eigenvalue weighted by Gasteiger charge is 2.20. The van der Waals surface area contributed by atoms with Gasteiger partial charge < -0.3 is 19.3 Å². The van der Waals surface area contributed by atoms with Crippen molar-refractivity contribution < 1.29 is 18.8 Å². The van der Waals surface area contributed by atoms with E-state index in [1.165, 1.54) is 12.8 Å². The Balaban J connectivity index is 1.41. The standard InChI is InChI=1S/C23H26N2O4/c1-15(24-23(26)14-19-18-9-5-6-10-20(18)29-25-19)16-11-12-21(22(13-16)27-2)28-17-7-3-4-8-17/h5-6,9-13,15,17H,3-4,7-8,14H2,1-2H3,(H,24,26). The van der Waals surface area contributed by atoms with Crippen LogP contribution in [0, 0.1) is 0 Å². The molecule has 6 heteroatoms. The van der Waals surface area contributed by atoms with Gasteiger partial charge in [-0.05, 0) is 62.4 Å². The lowest BCUT2D eigenvalue weighted by Crippen LogP contribution is -2.28. The zero-order valence-electron chi connectivity index (χ0n) is 16.8. The first-order chi connectivity index (χ1) is 14.1. The van der Waals surface area contributed by atoms with Crippen LogP contribution >= 0.6 is 0 Å². The normalized spacial score (nSPS) is 15.4. The Kier molecular flexibility index (Phi) is 5.69. The van der Waals surface area contributed by atoms with Gasteiger partial charge >= 0.3 is 0 Å². The molecule has 1 N–H and O–H groups in total. The van der Waals surface area contributed by atoms with E-state index in [1.807, 2.05) is 49.4 Å². The molecule has 0 spiro atoms. The number of carbonyl (C=O) groups is 1. The van der Waals surface area contributed by atoms with E-state index in [-0.39, 0.29) is 24.5 Å². The summed E-state index contributed by atoms with van der Waals surface area (Å²) in [6.07, 6.45) is 5.05. The van der Waals surface area contributed by atoms with Gasteiger partial charge in [-0.3, -0.25) is 4.79 Å². The van der Waals surface area contributed by atoms with E-state index in [0.717, 1.165) is 29.5 Å². The molecular formula is C23H26N2O4. The predicted molar refractivity (Wildman–Crippen MR) is 110 cm³/mol. The number of methoxy groups -OCH3 is 1. The Labute approximate surface area is 170 Å². The quantitative estimate of drug-likeness (QED) is 0.635. The molecular weight excluding hydrogens is 368 g/mol. The number of carbonyl (C=O) groups excluding carboxylic acids is 1. The van der Waals surface area contributed by atoms with Crippen molar-refractivity contribution in [2.24, 2.45) is 0 Å². The van der Waals surface area contributed by atoms with E-state index in [2.05, 4.69) is 10.5 Å². The zero-order chi connectivity index (χ0) is 20.2. The number of aromatic nitrogens is 1. The highest BCUT2D eigenvalue weighted by atomic mass is 16.5. The summed E-state index contributed by atoms with van der Waals surface area (Å²) >= 11 is 0. The van der Waals surface area contributed by atoms with Gasteiger partial charge in [0.1, 0.15) is 5.69 Å². The highest BCUT2D eigenvalue weighted by molar-refractivity contribution is 5.86. The molecule has 1 heterocycles. The van der Waals surface area contributed by atoms with Crippen molar-refractivity contribution in [1.82, 2.24) is 10.5 Å². The highest BCUT2D eigenvalue weighted by Crippen LogP contribution is 2.33. The molecule has 1 unspecified atom stereocenters. The monoisotopic (exact) mass is 394 g/mol. The fourth-order valence-electron chi connectivity index (χ4n) is 3.83. The van der Waals surface area contributed by atoms with Crippen molar-refractivity contribution in [2.75, 3.05) is 7.11 Å². The Hall–Kier alpha value is -3.02. The second-order valence-corrected chi connectivity index (χ2v) is 7.53. The lowest BCUT2D eigenvalue weighted by atomic mass is 10.1. The van der Waals surface area contributed by atoms with Crippen molar-refractivity contribution in [3.63, 3.8) is 0 Å². The van der Waals surface area contributed by atoms with Crippen LogP contribution in [0.3, 0.4) is 0 Å². The van der Waals surface area contributed by atoms with Crippen LogP contribution in [0.4, 0.5) is 0 Å². The maximum atomic E-state index is 12.5. The summed E-state index contributed by atoms with van der Waals surface area (Å²) in [6.45, 7) is 1.95. The molecule has 1 atom stereocenters. The maximum Gasteiger partial charge on any atom is 0.226 e. The Morgan fingerprint density at radius 1 is 1.21 bits per heavy atom. The molecule has 1 fully saturated rings. The number of hydrogen-bond donors (Lipinski definition) is 1. The van der Waals surface area contributed by atoms with Crippen molar-refractivity contribution in [1.29, 1.82) is 0 Å². The van der Waals surface area contributed by atoms with Crippen molar-refractivity contribution in [2.45, 2.75) is 51.2 Å². The lowest BCUT2D eigenvalue weighted by Gasteiger charge is -2.19. The SMILES string of the molecule is COc1cc(C(C)NC(=O)Cc2noc3ccccc23)ccc1OC1CCCC1. The molecule has 1 saturated carbocycles. The topological polar surface area (TPSA) is 73.6 Å². The summed E-state index contributed by atoms with van der Waals surface area (Å²) in [4.78, 5) is 12.5. The average molecular weight is 394 g/mol. The number of benzene rings is 2. The first-order valence-electron chi connectivity index (χ1n) is 10.1. The molecule has 0 bridgehead atoms. The molecule has 4 rings (SSSR count). The molecule has 0 saturated heterocycles. The predicted octanol–water partition coefficient (Wildman–Crippen LogP) is 4.58. The van der Waals surface area contributed by atoms with Gasteiger partial charge in [0, 0.05) is 5.39 Å². The fourth-order valence-corrected chi connectivity index (χ4v) is 3.83. The molecule has 1 aliphatic carbocycles. The van der Waals surface area contributed by atoms with Gasteiger partial charge in [0.25, 0.3) is 0 Å². The van der Waals surface area contributed by atoms with Crippen molar-refractivity contribution in [3.8, 4) is 11.5 Å². The van der Waals surface area contributed by atoms with E-state index in [4.69, 9.17) is 14.0 Å². The third-order valence-corrected chi connectivity index (χ3v) is 5.44. The second kappa shape index (κ2) is 8.55. The van der Waals surface area contributed by atoms with Crippen LogP contribution in [0.15, 0.2) is 47.0 Å². The van der Waals surface area contributed by atoms with Crippen LogP contribution in [0.2, 0.25) is 0 Å². The molecule has 6 nitrogen and oxygen atoms in total. The summed E-state index contributed by atoms with van der Waals surface area (Å²) in [5.74, 6) is 1.34. The van der Waals surface area contributed by atoms with Gasteiger partial charge in [-0.15, -0.1) is 0 Å². The molecule has 0 radical (unpaired) electrons. The van der Waals surface area contributed by atoms with Crippen LogP contribution in [-0.2, 0) is 11.2 Å². The maximum absolute atomic E-state index is 12.5. The summed E-state index contributed by atoms with van der Waals surface area (Å²) < 4.78 is 16.9. The van der Waals surface area contributed by atoms with Crippen LogP contribution in [-0.4, -0.2) is 24.3 Å². The molecule has 1 aliphatic rings. The molecule has 3 aromatic rings. The number of fused-ring (bicyclic) bond motifs is 1. The number of amides is 1. The smallest absolute Gasteiger partial charge is 0.226 e. The summed E-state index contributed by atoms with van der Waals surface area (Å²) in [5.41, 5.74) is 2.29. The van der Waals surface area contributed by atoms with Crippen molar-refractivity contribution in [3.05, 3.63) is 53.7 Å². The van der Waals surface area contributed by atoms with E-state index in [0.29, 0.717) is 17.0 Å². The van der Waals surface area contributed by atoms with E-state index < -0.39 is 0 Å². The zero-order valence-corrected chi connectivity index (χ0v) is 16.8. The third-order valence-electron chi connectivity index (χ3n) is 5.44. The van der Waals surface area contributed by atoms with Crippen molar-refractivity contribution >= 4 is 16.9 Å². The second-order valence-electron chi connectivity index (χ2n) is 7.53. The third kappa shape index (κ3) is 4.36. The molecule has 1 aromatic heterocycles. The number of ether oxygens (including phenoxy) is 2. The number of rotatable bonds is 7. The molecule has 1 amide bonds. The number of nitrogens with one attached hydrogen (secondary N) is 1. The molecule has 152 valence electrons. The van der Waals surface area contributed by atoms with Crippen LogP contribution in [0.25, 0.3) is 11.0 Å². The van der Waals surface area contributed by atoms with E-state index in [1.54, 1.807) is 7.11 Å². The van der Waals surface area contributed by atoms with E-state index >= 15 is 0 Å². The van der Waals surface area contributed by atoms with Gasteiger partial charge in [0.05, 0.1) is 25.7 Å². The number of para-hydroxylation sites is 1. The van der Waals surface area contributed by atoms with Crippen LogP contribution in [0.1, 0.15) is 49.9 Å². The van der Waals surface area contributed by atoms with E-state index in [9.17, 15) is 4.79 Å². The minimum Gasteiger partial charge on any atom is -0.493 e. The Morgan fingerprint density at radius 3 is 2.79 bits per heavy atom. The molecule has 2 aromatic carbocycles. The number of hydrogen-bond acceptors (Lipinski definition) is 5. The average Bonchev–Trinajstić information content (AvgIpc) is 3.38. The first kappa shape index (κ1) is 19.3. The Bertz CT molecular complexity index is 991. The minimum absolute atomic E-state index is 0.109. The molecule has 0 aliphatic heterocycles. The Morgan fingerprint density at radius 2 is 2.00 bits per heavy atom. The number of nitrogens with zero attached hydrogens (tertiary/aromatic N) is 1. The van der Waals surface area contributed by atoms with Crippen LogP contribution < -0.4 is 14.8 Å². The van der Waals surface area contributed by atoms with Gasteiger partial charge in [-0.1, -0.05) is 23.4 Å². The largest absolute Gasteiger partial charge is 0.493 e. The van der Waals surface area contributed by atoms with Gasteiger partial charge in [0.2, 0.25) is 5.91 Å². The van der Waals surface area contributed by atoms with Gasteiger partial charge in [-0.2, -0.15) is 0 Å². The van der Waals surface area contributed by atoms with Gasteiger partial charge in [0.15, 0.2) is 17.1 Å².